The van der Waals surface area contributed by atoms with Crippen molar-refractivity contribution in [2.24, 2.45) is 0 Å². The average Bonchev–Trinajstić information content (AvgIpc) is 2.49. The lowest BCUT2D eigenvalue weighted by molar-refractivity contribution is -0.384. The zero-order valence-electron chi connectivity index (χ0n) is 12.6. The van der Waals surface area contributed by atoms with Crippen molar-refractivity contribution in [2.75, 3.05) is 18.5 Å². The number of hydrogen-bond acceptors (Lipinski definition) is 8. The first-order chi connectivity index (χ1) is 10.9. The summed E-state index contributed by atoms with van der Waals surface area (Å²) in [6.45, 7) is 3.29. The van der Waals surface area contributed by atoms with Gasteiger partial charge in [0.15, 0.2) is 5.57 Å². The van der Waals surface area contributed by atoms with Crippen molar-refractivity contribution in [3.05, 3.63) is 40.1 Å². The summed E-state index contributed by atoms with van der Waals surface area (Å²) in [5.74, 6) is -2.19. The number of hydrogen-bond donors (Lipinski definition) is 2. The number of nitro benzene ring substituents is 1. The number of ether oxygens (including phenoxy) is 2. The summed E-state index contributed by atoms with van der Waals surface area (Å²) < 4.78 is 9.48. The van der Waals surface area contributed by atoms with Gasteiger partial charge in [0.05, 0.1) is 29.9 Å². The van der Waals surface area contributed by atoms with E-state index in [9.17, 15) is 24.8 Å². The monoisotopic (exact) mass is 324 g/mol. The van der Waals surface area contributed by atoms with Crippen LogP contribution >= 0.6 is 0 Å². The van der Waals surface area contributed by atoms with Gasteiger partial charge in [0.1, 0.15) is 5.75 Å². The van der Waals surface area contributed by atoms with Crippen LogP contribution in [0, 0.1) is 10.1 Å². The Morgan fingerprint density at radius 3 is 2.26 bits per heavy atom. The highest BCUT2D eigenvalue weighted by atomic mass is 16.6. The molecule has 0 aliphatic heterocycles. The second kappa shape index (κ2) is 8.37. The van der Waals surface area contributed by atoms with Crippen LogP contribution in [0.3, 0.4) is 0 Å². The number of phenolic OH excluding ortho intramolecular Hbond substituents is 1. The van der Waals surface area contributed by atoms with Crippen molar-refractivity contribution in [1.82, 2.24) is 0 Å². The van der Waals surface area contributed by atoms with Crippen molar-refractivity contribution >= 4 is 23.3 Å². The summed E-state index contributed by atoms with van der Waals surface area (Å²) in [5, 5.41) is 22.8. The third kappa shape index (κ3) is 4.99. The first-order valence-electron chi connectivity index (χ1n) is 6.69. The van der Waals surface area contributed by atoms with E-state index in [4.69, 9.17) is 9.47 Å². The van der Waals surface area contributed by atoms with Crippen LogP contribution in [-0.4, -0.2) is 35.2 Å². The highest BCUT2D eigenvalue weighted by Gasteiger charge is 2.21. The van der Waals surface area contributed by atoms with E-state index in [1.807, 2.05) is 0 Å². The van der Waals surface area contributed by atoms with Gasteiger partial charge in [0.25, 0.3) is 5.69 Å². The molecule has 1 rings (SSSR count). The lowest BCUT2D eigenvalue weighted by Gasteiger charge is -2.08. The molecule has 0 heterocycles. The molecule has 0 fully saturated rings. The van der Waals surface area contributed by atoms with E-state index in [1.54, 1.807) is 13.8 Å². The van der Waals surface area contributed by atoms with Crippen molar-refractivity contribution in [2.45, 2.75) is 13.8 Å². The largest absolute Gasteiger partial charge is 0.506 e. The minimum absolute atomic E-state index is 0.0678. The Morgan fingerprint density at radius 1 is 1.26 bits per heavy atom. The summed E-state index contributed by atoms with van der Waals surface area (Å²) in [7, 11) is 0. The molecule has 0 saturated heterocycles. The van der Waals surface area contributed by atoms with Crippen molar-refractivity contribution < 1.29 is 29.1 Å². The number of nitrogens with one attached hydrogen (secondary N) is 1. The molecule has 0 unspecified atom stereocenters. The van der Waals surface area contributed by atoms with Crippen LogP contribution in [0.15, 0.2) is 30.0 Å². The van der Waals surface area contributed by atoms with Gasteiger partial charge in [0, 0.05) is 12.3 Å². The molecule has 0 saturated carbocycles. The lowest BCUT2D eigenvalue weighted by Crippen LogP contribution is -2.19. The minimum atomic E-state index is -0.889. The Bertz CT molecular complexity index is 620. The second-order valence-electron chi connectivity index (χ2n) is 4.10. The third-order valence-electron chi connectivity index (χ3n) is 2.55. The number of carbonyl (C=O) groups is 2. The number of benzene rings is 1. The maximum absolute atomic E-state index is 11.7. The number of nitro groups is 1. The molecule has 0 aliphatic carbocycles. The smallest absolute Gasteiger partial charge is 0.347 e. The van der Waals surface area contributed by atoms with Crippen LogP contribution in [0.25, 0.3) is 0 Å². The predicted molar refractivity (Wildman–Crippen MR) is 79.7 cm³/mol. The van der Waals surface area contributed by atoms with Crippen LogP contribution in [0.4, 0.5) is 11.4 Å². The highest BCUT2D eigenvalue weighted by molar-refractivity contribution is 6.14. The summed E-state index contributed by atoms with van der Waals surface area (Å²) in [6, 6.07) is 3.33. The fourth-order valence-corrected chi connectivity index (χ4v) is 1.52. The Balaban J connectivity index is 3.02. The van der Waals surface area contributed by atoms with Gasteiger partial charge in [-0.1, -0.05) is 0 Å². The SMILES string of the molecule is CCOC(=O)C(=CNc1ccc([N+](=O)[O-])cc1O)C(=O)OCC. The molecule has 9 heteroatoms. The Labute approximate surface area is 131 Å². The van der Waals surface area contributed by atoms with Gasteiger partial charge in [0.2, 0.25) is 0 Å². The lowest BCUT2D eigenvalue weighted by atomic mass is 10.2. The van der Waals surface area contributed by atoms with E-state index in [-0.39, 0.29) is 24.6 Å². The molecule has 0 amide bonds. The summed E-state index contributed by atoms with van der Waals surface area (Å²) in [4.78, 5) is 33.4. The summed E-state index contributed by atoms with van der Waals surface area (Å²) in [6.07, 6.45) is 1.01. The topological polar surface area (TPSA) is 128 Å². The third-order valence-corrected chi connectivity index (χ3v) is 2.55. The second-order valence-corrected chi connectivity index (χ2v) is 4.10. The molecule has 9 nitrogen and oxygen atoms in total. The standard InChI is InChI=1S/C14H16N2O7/c1-3-22-13(18)10(14(19)23-4-2)8-15-11-6-5-9(16(20)21)7-12(11)17/h5-8,15,17H,3-4H2,1-2H3. The van der Waals surface area contributed by atoms with Gasteiger partial charge in [-0.3, -0.25) is 10.1 Å². The van der Waals surface area contributed by atoms with Crippen molar-refractivity contribution in [3.63, 3.8) is 0 Å². The van der Waals surface area contributed by atoms with E-state index in [0.717, 1.165) is 18.3 Å². The number of esters is 2. The number of rotatable bonds is 7. The summed E-state index contributed by atoms with van der Waals surface area (Å²) >= 11 is 0. The predicted octanol–water partition coefficient (Wildman–Crippen LogP) is 1.72. The van der Waals surface area contributed by atoms with Crippen LogP contribution in [-0.2, 0) is 19.1 Å². The van der Waals surface area contributed by atoms with Crippen LogP contribution in [0.2, 0.25) is 0 Å². The molecule has 1 aromatic carbocycles. The molecule has 0 spiro atoms. The number of nitrogens with zero attached hydrogens (tertiary/aromatic N) is 1. The van der Waals surface area contributed by atoms with E-state index >= 15 is 0 Å². The van der Waals surface area contributed by atoms with Crippen LogP contribution in [0.5, 0.6) is 5.75 Å². The van der Waals surface area contributed by atoms with E-state index in [1.165, 1.54) is 6.07 Å². The molecule has 0 atom stereocenters. The van der Waals surface area contributed by atoms with Gasteiger partial charge >= 0.3 is 11.9 Å². The highest BCUT2D eigenvalue weighted by Crippen LogP contribution is 2.28. The number of carbonyl (C=O) groups excluding carboxylic acids is 2. The van der Waals surface area contributed by atoms with Gasteiger partial charge in [-0.15, -0.1) is 0 Å². The Morgan fingerprint density at radius 2 is 1.83 bits per heavy atom. The first-order valence-corrected chi connectivity index (χ1v) is 6.69. The minimum Gasteiger partial charge on any atom is -0.506 e. The van der Waals surface area contributed by atoms with Gasteiger partial charge in [-0.05, 0) is 19.9 Å². The fraction of sp³-hybridized carbons (Fsp3) is 0.286. The van der Waals surface area contributed by atoms with Crippen LogP contribution in [0.1, 0.15) is 13.8 Å². The maximum atomic E-state index is 11.7. The Hall–Kier alpha value is -3.10. The molecule has 124 valence electrons. The maximum Gasteiger partial charge on any atom is 0.347 e. The van der Waals surface area contributed by atoms with E-state index in [0.29, 0.717) is 0 Å². The first kappa shape index (κ1) is 18.0. The molecule has 0 bridgehead atoms. The quantitative estimate of drug-likeness (QED) is 0.148. The molecule has 1 aromatic rings. The number of aromatic hydroxyl groups is 1. The number of phenols is 1. The molecular formula is C14H16N2O7. The van der Waals surface area contributed by atoms with Gasteiger partial charge < -0.3 is 19.9 Å². The zero-order valence-corrected chi connectivity index (χ0v) is 12.6. The van der Waals surface area contributed by atoms with E-state index < -0.39 is 28.2 Å². The zero-order chi connectivity index (χ0) is 17.4. The summed E-state index contributed by atoms with van der Waals surface area (Å²) in [5.41, 5.74) is -0.624. The molecular weight excluding hydrogens is 308 g/mol. The van der Waals surface area contributed by atoms with Crippen molar-refractivity contribution in [1.29, 1.82) is 0 Å². The van der Waals surface area contributed by atoms with Gasteiger partial charge in [-0.25, -0.2) is 9.59 Å². The number of anilines is 1. The van der Waals surface area contributed by atoms with E-state index in [2.05, 4.69) is 5.32 Å². The normalized spacial score (nSPS) is 9.65. The average molecular weight is 324 g/mol. The molecule has 0 aliphatic rings. The van der Waals surface area contributed by atoms with Crippen LogP contribution < -0.4 is 5.32 Å². The fourth-order valence-electron chi connectivity index (χ4n) is 1.52. The Kier molecular flexibility index (Phi) is 6.53. The molecule has 23 heavy (non-hydrogen) atoms. The molecule has 2 N–H and O–H groups in total. The number of non-ortho nitro benzene ring substituents is 1. The molecule has 0 aromatic heterocycles. The van der Waals surface area contributed by atoms with Crippen molar-refractivity contribution in [3.8, 4) is 5.75 Å². The molecule has 0 radical (unpaired) electrons. The van der Waals surface area contributed by atoms with Gasteiger partial charge in [-0.2, -0.15) is 0 Å².